The number of carbonyl (C=O) groups is 1. The molecule has 0 saturated carbocycles. The van der Waals surface area contributed by atoms with Gasteiger partial charge in [-0.2, -0.15) is 5.10 Å². The molecule has 3 rings (SSSR count). The second kappa shape index (κ2) is 6.75. The molecule has 0 fully saturated rings. The molecule has 22 heavy (non-hydrogen) atoms. The van der Waals surface area contributed by atoms with Crippen LogP contribution < -0.4 is 5.32 Å². The molecular weight excluding hydrogens is 278 g/mol. The second-order valence-corrected chi connectivity index (χ2v) is 5.69. The molecule has 1 unspecified atom stereocenters. The van der Waals surface area contributed by atoms with Crippen LogP contribution in [0.25, 0.3) is 0 Å². The smallest absolute Gasteiger partial charge is 0.272 e. The molecule has 5 heteroatoms. The third-order valence-corrected chi connectivity index (χ3v) is 4.20. The number of rotatable bonds is 5. The zero-order chi connectivity index (χ0) is 15.4. The fourth-order valence-corrected chi connectivity index (χ4v) is 3.03. The Kier molecular flexibility index (Phi) is 4.53. The van der Waals surface area contributed by atoms with E-state index in [1.807, 2.05) is 30.3 Å². The van der Waals surface area contributed by atoms with Gasteiger partial charge in [0.1, 0.15) is 0 Å². The van der Waals surface area contributed by atoms with Crippen molar-refractivity contribution in [1.82, 2.24) is 15.5 Å². The number of H-pyrrole nitrogens is 1. The van der Waals surface area contributed by atoms with Crippen LogP contribution in [0.3, 0.4) is 0 Å². The number of aromatic nitrogens is 2. The van der Waals surface area contributed by atoms with Crippen LogP contribution in [0, 0.1) is 0 Å². The maximum atomic E-state index is 12.6. The number of hydrogen-bond acceptors (Lipinski definition) is 3. The highest BCUT2D eigenvalue weighted by Crippen LogP contribution is 2.23. The van der Waals surface area contributed by atoms with E-state index in [1.54, 1.807) is 0 Å². The normalized spacial score (nSPS) is 15.1. The van der Waals surface area contributed by atoms with Crippen LogP contribution in [0.4, 0.5) is 0 Å². The van der Waals surface area contributed by atoms with E-state index in [4.69, 9.17) is 0 Å². The van der Waals surface area contributed by atoms with Crippen molar-refractivity contribution >= 4 is 5.91 Å². The number of aryl methyl sites for hydroxylation is 1. The van der Waals surface area contributed by atoms with Crippen molar-refractivity contribution in [2.75, 3.05) is 6.61 Å². The van der Waals surface area contributed by atoms with Gasteiger partial charge < -0.3 is 10.4 Å². The van der Waals surface area contributed by atoms with E-state index in [-0.39, 0.29) is 18.6 Å². The molecule has 1 atom stereocenters. The third-order valence-electron chi connectivity index (χ3n) is 4.20. The van der Waals surface area contributed by atoms with Crippen LogP contribution in [0.15, 0.2) is 30.3 Å². The Morgan fingerprint density at radius 1 is 1.27 bits per heavy atom. The molecule has 1 aliphatic rings. The topological polar surface area (TPSA) is 78.0 Å². The van der Waals surface area contributed by atoms with Gasteiger partial charge in [-0.25, -0.2) is 0 Å². The Morgan fingerprint density at radius 3 is 2.82 bits per heavy atom. The molecule has 0 spiro atoms. The van der Waals surface area contributed by atoms with Gasteiger partial charge in [0.15, 0.2) is 5.69 Å². The largest absolute Gasteiger partial charge is 0.396 e. The predicted molar refractivity (Wildman–Crippen MR) is 83.6 cm³/mol. The number of hydrogen-bond donors (Lipinski definition) is 3. The van der Waals surface area contributed by atoms with Crippen molar-refractivity contribution in [2.45, 2.75) is 38.1 Å². The molecule has 0 radical (unpaired) electrons. The third kappa shape index (κ3) is 3.04. The highest BCUT2D eigenvalue weighted by molar-refractivity contribution is 5.94. The van der Waals surface area contributed by atoms with E-state index in [9.17, 15) is 9.90 Å². The van der Waals surface area contributed by atoms with Gasteiger partial charge in [0.2, 0.25) is 0 Å². The number of carbonyl (C=O) groups excluding carboxylic acids is 1. The van der Waals surface area contributed by atoms with Gasteiger partial charge in [-0.05, 0) is 37.7 Å². The molecule has 0 aliphatic heterocycles. The summed E-state index contributed by atoms with van der Waals surface area (Å²) < 4.78 is 0. The maximum absolute atomic E-state index is 12.6. The van der Waals surface area contributed by atoms with Crippen LogP contribution in [0.2, 0.25) is 0 Å². The fraction of sp³-hybridized carbons (Fsp3) is 0.412. The number of aliphatic hydroxyl groups excluding tert-OH is 1. The number of fused-ring (bicyclic) bond motifs is 1. The van der Waals surface area contributed by atoms with Crippen molar-refractivity contribution in [3.05, 3.63) is 52.8 Å². The van der Waals surface area contributed by atoms with Crippen LogP contribution >= 0.6 is 0 Å². The molecule has 1 amide bonds. The first-order valence-corrected chi connectivity index (χ1v) is 7.82. The average Bonchev–Trinajstić information content (AvgIpc) is 2.99. The molecule has 0 bridgehead atoms. The molecule has 1 heterocycles. The lowest BCUT2D eigenvalue weighted by Gasteiger charge is -2.18. The monoisotopic (exact) mass is 299 g/mol. The minimum Gasteiger partial charge on any atom is -0.396 e. The summed E-state index contributed by atoms with van der Waals surface area (Å²) in [5.74, 6) is -0.165. The fourth-order valence-electron chi connectivity index (χ4n) is 3.03. The predicted octanol–water partition coefficient (Wildman–Crippen LogP) is 2.14. The van der Waals surface area contributed by atoms with Crippen molar-refractivity contribution in [2.24, 2.45) is 0 Å². The summed E-state index contributed by atoms with van der Waals surface area (Å²) in [5, 5.41) is 19.5. The Morgan fingerprint density at radius 2 is 2.05 bits per heavy atom. The summed E-state index contributed by atoms with van der Waals surface area (Å²) in [5.41, 5.74) is 3.65. The van der Waals surface area contributed by atoms with Gasteiger partial charge in [0.25, 0.3) is 5.91 Å². The quantitative estimate of drug-likeness (QED) is 0.791. The molecule has 0 saturated heterocycles. The van der Waals surface area contributed by atoms with E-state index in [0.29, 0.717) is 12.1 Å². The molecular formula is C17H21N3O2. The van der Waals surface area contributed by atoms with Crippen molar-refractivity contribution in [3.63, 3.8) is 0 Å². The van der Waals surface area contributed by atoms with E-state index in [0.717, 1.165) is 42.5 Å². The number of nitrogens with one attached hydrogen (secondary N) is 2. The lowest BCUT2D eigenvalue weighted by molar-refractivity contribution is 0.0924. The molecule has 2 aromatic rings. The van der Waals surface area contributed by atoms with Gasteiger partial charge >= 0.3 is 0 Å². The lowest BCUT2D eigenvalue weighted by atomic mass is 9.95. The Hall–Kier alpha value is -2.14. The van der Waals surface area contributed by atoms with E-state index in [2.05, 4.69) is 15.5 Å². The lowest BCUT2D eigenvalue weighted by Crippen LogP contribution is -2.30. The highest BCUT2D eigenvalue weighted by Gasteiger charge is 2.23. The van der Waals surface area contributed by atoms with Crippen molar-refractivity contribution in [3.8, 4) is 0 Å². The minimum atomic E-state index is -0.199. The summed E-state index contributed by atoms with van der Waals surface area (Å²) in [7, 11) is 0. The van der Waals surface area contributed by atoms with Crippen LogP contribution in [-0.4, -0.2) is 27.8 Å². The molecule has 1 aliphatic carbocycles. The Balaban J connectivity index is 1.78. The van der Waals surface area contributed by atoms with E-state index < -0.39 is 0 Å². The summed E-state index contributed by atoms with van der Waals surface area (Å²) in [4.78, 5) is 12.6. The number of aliphatic hydroxyl groups is 1. The van der Waals surface area contributed by atoms with Crippen molar-refractivity contribution < 1.29 is 9.90 Å². The number of aromatic amines is 1. The zero-order valence-corrected chi connectivity index (χ0v) is 12.5. The Bertz CT molecular complexity index is 637. The number of nitrogens with zero attached hydrogens (tertiary/aromatic N) is 1. The standard InChI is InChI=1S/C17H21N3O2/c21-11-10-14(12-6-2-1-3-7-12)18-17(22)16-13-8-4-5-9-15(13)19-20-16/h1-3,6-7,14,21H,4-5,8-11H2,(H,18,22)(H,19,20). The average molecular weight is 299 g/mol. The van der Waals surface area contributed by atoms with Gasteiger partial charge in [0.05, 0.1) is 6.04 Å². The highest BCUT2D eigenvalue weighted by atomic mass is 16.3. The summed E-state index contributed by atoms with van der Waals surface area (Å²) in [6, 6.07) is 9.52. The van der Waals surface area contributed by atoms with Crippen molar-refractivity contribution in [1.29, 1.82) is 0 Å². The summed E-state index contributed by atoms with van der Waals surface area (Å²) in [6.45, 7) is 0.0263. The zero-order valence-electron chi connectivity index (χ0n) is 12.5. The van der Waals surface area contributed by atoms with Gasteiger partial charge in [0, 0.05) is 17.9 Å². The summed E-state index contributed by atoms with van der Waals surface area (Å²) in [6.07, 6.45) is 4.61. The first-order chi connectivity index (χ1) is 10.8. The first kappa shape index (κ1) is 14.8. The van der Waals surface area contributed by atoms with E-state index >= 15 is 0 Å². The molecule has 1 aromatic carbocycles. The maximum Gasteiger partial charge on any atom is 0.272 e. The van der Waals surface area contributed by atoms with E-state index in [1.165, 1.54) is 0 Å². The molecule has 5 nitrogen and oxygen atoms in total. The molecule has 116 valence electrons. The molecule has 3 N–H and O–H groups in total. The number of benzene rings is 1. The van der Waals surface area contributed by atoms with Crippen LogP contribution in [-0.2, 0) is 12.8 Å². The van der Waals surface area contributed by atoms with Gasteiger partial charge in [-0.1, -0.05) is 30.3 Å². The Labute approximate surface area is 129 Å². The summed E-state index contributed by atoms with van der Waals surface area (Å²) >= 11 is 0. The second-order valence-electron chi connectivity index (χ2n) is 5.69. The van der Waals surface area contributed by atoms with Crippen LogP contribution in [0.1, 0.15) is 52.6 Å². The molecule has 1 aromatic heterocycles. The SMILES string of the molecule is O=C(NC(CCO)c1ccccc1)c1n[nH]c2c1CCCC2. The first-order valence-electron chi connectivity index (χ1n) is 7.82. The van der Waals surface area contributed by atoms with Crippen LogP contribution in [0.5, 0.6) is 0 Å². The van der Waals surface area contributed by atoms with Gasteiger partial charge in [-0.3, -0.25) is 9.89 Å². The van der Waals surface area contributed by atoms with Gasteiger partial charge in [-0.15, -0.1) is 0 Å². The minimum absolute atomic E-state index is 0.0263. The number of amides is 1.